The molecule has 0 saturated carbocycles. The summed E-state index contributed by atoms with van der Waals surface area (Å²) in [5.74, 6) is -0.400. The van der Waals surface area contributed by atoms with Crippen LogP contribution in [0.2, 0.25) is 10.0 Å². The van der Waals surface area contributed by atoms with Crippen molar-refractivity contribution in [1.29, 1.82) is 0 Å². The molecule has 0 heterocycles. The number of amides is 1. The number of halogens is 2. The van der Waals surface area contributed by atoms with Crippen molar-refractivity contribution in [2.75, 3.05) is 5.32 Å². The summed E-state index contributed by atoms with van der Waals surface area (Å²) in [5, 5.41) is 3.44. The maximum absolute atomic E-state index is 12.3. The highest BCUT2D eigenvalue weighted by atomic mass is 35.5. The second-order valence-corrected chi connectivity index (χ2v) is 8.09. The van der Waals surface area contributed by atoms with E-state index in [0.29, 0.717) is 27.7 Å². The Morgan fingerprint density at radius 2 is 1.76 bits per heavy atom. The Morgan fingerprint density at radius 3 is 2.32 bits per heavy atom. The Balaban J connectivity index is 2.15. The van der Waals surface area contributed by atoms with Gasteiger partial charge in [-0.2, -0.15) is 0 Å². The third-order valence-electron chi connectivity index (χ3n) is 3.57. The Hall–Kier alpha value is -1.60. The van der Waals surface area contributed by atoms with Gasteiger partial charge in [0.1, 0.15) is 0 Å². The molecule has 0 aliphatic carbocycles. The van der Waals surface area contributed by atoms with Crippen LogP contribution in [-0.4, -0.2) is 20.4 Å². The zero-order chi connectivity index (χ0) is 18.6. The van der Waals surface area contributed by atoms with E-state index in [1.807, 2.05) is 6.92 Å². The van der Waals surface area contributed by atoms with Crippen LogP contribution in [-0.2, 0) is 10.0 Å². The van der Waals surface area contributed by atoms with Crippen LogP contribution in [0, 0.1) is 0 Å². The van der Waals surface area contributed by atoms with E-state index in [-0.39, 0.29) is 10.9 Å². The second kappa shape index (κ2) is 8.19. The van der Waals surface area contributed by atoms with E-state index in [2.05, 4.69) is 10.0 Å². The Labute approximate surface area is 157 Å². The van der Waals surface area contributed by atoms with Crippen molar-refractivity contribution in [3.63, 3.8) is 0 Å². The molecule has 0 aliphatic heterocycles. The van der Waals surface area contributed by atoms with Gasteiger partial charge in [-0.15, -0.1) is 0 Å². The van der Waals surface area contributed by atoms with Crippen LogP contribution in [0.25, 0.3) is 0 Å². The van der Waals surface area contributed by atoms with Crippen LogP contribution in [0.5, 0.6) is 0 Å². The molecule has 5 nitrogen and oxygen atoms in total. The smallest absolute Gasteiger partial charge is 0.255 e. The van der Waals surface area contributed by atoms with Crippen LogP contribution in [0.3, 0.4) is 0 Å². The summed E-state index contributed by atoms with van der Waals surface area (Å²) in [5.41, 5.74) is 0.736. The molecule has 2 N–H and O–H groups in total. The summed E-state index contributed by atoms with van der Waals surface area (Å²) < 4.78 is 27.0. The highest BCUT2D eigenvalue weighted by molar-refractivity contribution is 7.89. The van der Waals surface area contributed by atoms with Gasteiger partial charge < -0.3 is 5.32 Å². The van der Waals surface area contributed by atoms with Crippen molar-refractivity contribution in [1.82, 2.24) is 4.72 Å². The molecule has 1 atom stereocenters. The number of benzene rings is 2. The molecule has 0 spiro atoms. The van der Waals surface area contributed by atoms with Gasteiger partial charge in [0.15, 0.2) is 0 Å². The van der Waals surface area contributed by atoms with E-state index < -0.39 is 15.9 Å². The molecule has 134 valence electrons. The molecule has 25 heavy (non-hydrogen) atoms. The minimum Gasteiger partial charge on any atom is -0.321 e. The predicted molar refractivity (Wildman–Crippen MR) is 101 cm³/mol. The van der Waals surface area contributed by atoms with E-state index in [1.54, 1.807) is 19.1 Å². The number of anilines is 1. The van der Waals surface area contributed by atoms with Crippen LogP contribution in [0.1, 0.15) is 30.6 Å². The SMILES string of the molecule is CCC(C)NS(=O)(=O)c1ccc(C(=O)Nc2ccc(Cl)cc2Cl)cc1. The van der Waals surface area contributed by atoms with Gasteiger partial charge in [0.2, 0.25) is 10.0 Å². The van der Waals surface area contributed by atoms with Crippen LogP contribution < -0.4 is 10.0 Å². The van der Waals surface area contributed by atoms with Gasteiger partial charge in [0.25, 0.3) is 5.91 Å². The quantitative estimate of drug-likeness (QED) is 0.757. The van der Waals surface area contributed by atoms with E-state index in [1.165, 1.54) is 30.3 Å². The maximum atomic E-state index is 12.3. The van der Waals surface area contributed by atoms with Crippen molar-refractivity contribution >= 4 is 44.8 Å². The fourth-order valence-corrected chi connectivity index (χ4v) is 3.77. The maximum Gasteiger partial charge on any atom is 0.255 e. The molecule has 1 amide bonds. The molecule has 2 aromatic rings. The monoisotopic (exact) mass is 400 g/mol. The van der Waals surface area contributed by atoms with E-state index in [9.17, 15) is 13.2 Å². The lowest BCUT2D eigenvalue weighted by Crippen LogP contribution is -2.32. The summed E-state index contributed by atoms with van der Waals surface area (Å²) in [6, 6.07) is 10.2. The van der Waals surface area contributed by atoms with Gasteiger partial charge in [-0.25, -0.2) is 13.1 Å². The Morgan fingerprint density at radius 1 is 1.12 bits per heavy atom. The minimum atomic E-state index is -3.60. The van der Waals surface area contributed by atoms with Crippen molar-refractivity contribution in [3.8, 4) is 0 Å². The lowest BCUT2D eigenvalue weighted by atomic mass is 10.2. The van der Waals surface area contributed by atoms with Crippen molar-refractivity contribution in [3.05, 3.63) is 58.1 Å². The first kappa shape index (κ1) is 19.7. The fourth-order valence-electron chi connectivity index (χ4n) is 1.99. The number of carbonyl (C=O) groups excluding carboxylic acids is 1. The third kappa shape index (κ3) is 5.19. The molecule has 2 aromatic carbocycles. The predicted octanol–water partition coefficient (Wildman–Crippen LogP) is 4.32. The minimum absolute atomic E-state index is 0.105. The molecule has 0 bridgehead atoms. The average molecular weight is 401 g/mol. The topological polar surface area (TPSA) is 75.3 Å². The first-order chi connectivity index (χ1) is 11.7. The lowest BCUT2D eigenvalue weighted by Gasteiger charge is -2.12. The van der Waals surface area contributed by atoms with Crippen molar-refractivity contribution in [2.24, 2.45) is 0 Å². The summed E-state index contributed by atoms with van der Waals surface area (Å²) in [4.78, 5) is 12.4. The fraction of sp³-hybridized carbons (Fsp3) is 0.235. The number of sulfonamides is 1. The molecule has 0 aliphatic rings. The zero-order valence-corrected chi connectivity index (χ0v) is 16.0. The molecule has 0 saturated heterocycles. The molecule has 0 aromatic heterocycles. The Kier molecular flexibility index (Phi) is 6.46. The number of carbonyl (C=O) groups is 1. The summed E-state index contributed by atoms with van der Waals surface area (Å²) >= 11 is 11.8. The van der Waals surface area contributed by atoms with Gasteiger partial charge >= 0.3 is 0 Å². The van der Waals surface area contributed by atoms with Gasteiger partial charge in [-0.05, 0) is 55.8 Å². The summed E-state index contributed by atoms with van der Waals surface area (Å²) in [7, 11) is -3.60. The Bertz CT molecular complexity index is 868. The van der Waals surface area contributed by atoms with Crippen molar-refractivity contribution in [2.45, 2.75) is 31.2 Å². The van der Waals surface area contributed by atoms with Crippen LogP contribution in [0.15, 0.2) is 47.4 Å². The highest BCUT2D eigenvalue weighted by Gasteiger charge is 2.17. The molecule has 0 fully saturated rings. The van der Waals surface area contributed by atoms with Crippen LogP contribution >= 0.6 is 23.2 Å². The number of nitrogens with one attached hydrogen (secondary N) is 2. The molecular weight excluding hydrogens is 383 g/mol. The number of hydrogen-bond donors (Lipinski definition) is 2. The van der Waals surface area contributed by atoms with Crippen LogP contribution in [0.4, 0.5) is 5.69 Å². The normalized spacial score (nSPS) is 12.6. The zero-order valence-electron chi connectivity index (χ0n) is 13.7. The van der Waals surface area contributed by atoms with Gasteiger partial charge in [0, 0.05) is 16.6 Å². The van der Waals surface area contributed by atoms with E-state index in [4.69, 9.17) is 23.2 Å². The summed E-state index contributed by atoms with van der Waals surface area (Å²) in [6.45, 7) is 3.68. The number of rotatable bonds is 6. The average Bonchev–Trinajstić information content (AvgIpc) is 2.57. The van der Waals surface area contributed by atoms with Gasteiger partial charge in [-0.3, -0.25) is 4.79 Å². The molecule has 1 unspecified atom stereocenters. The number of hydrogen-bond acceptors (Lipinski definition) is 3. The standard InChI is InChI=1S/C17H18Cl2N2O3S/c1-3-11(2)21-25(23,24)14-7-4-12(5-8-14)17(22)20-16-9-6-13(18)10-15(16)19/h4-11,21H,3H2,1-2H3,(H,20,22). The van der Waals surface area contributed by atoms with E-state index in [0.717, 1.165) is 0 Å². The van der Waals surface area contributed by atoms with Gasteiger partial charge in [0.05, 0.1) is 15.6 Å². The summed E-state index contributed by atoms with van der Waals surface area (Å²) in [6.07, 6.45) is 0.682. The lowest BCUT2D eigenvalue weighted by molar-refractivity contribution is 0.102. The van der Waals surface area contributed by atoms with Crippen molar-refractivity contribution < 1.29 is 13.2 Å². The second-order valence-electron chi connectivity index (χ2n) is 5.53. The largest absolute Gasteiger partial charge is 0.321 e. The molecule has 8 heteroatoms. The van der Waals surface area contributed by atoms with Gasteiger partial charge in [-0.1, -0.05) is 30.1 Å². The molecule has 2 rings (SSSR count). The van der Waals surface area contributed by atoms with E-state index >= 15 is 0 Å². The third-order valence-corrected chi connectivity index (χ3v) is 5.73. The molecular formula is C17H18Cl2N2O3S. The molecule has 0 radical (unpaired) electrons. The first-order valence-electron chi connectivity index (χ1n) is 7.61. The highest BCUT2D eigenvalue weighted by Crippen LogP contribution is 2.26. The first-order valence-corrected chi connectivity index (χ1v) is 9.85.